The molecule has 1 unspecified atom stereocenters. The van der Waals surface area contributed by atoms with Crippen LogP contribution < -0.4 is 9.80 Å². The molecule has 1 atom stereocenters. The number of likely N-dealkylation sites (N-methyl/N-ethyl adjacent to an activating group) is 2. The van der Waals surface area contributed by atoms with Crippen LogP contribution >= 0.6 is 0 Å². The molecule has 0 saturated heterocycles. The van der Waals surface area contributed by atoms with E-state index < -0.39 is 0 Å². The summed E-state index contributed by atoms with van der Waals surface area (Å²) in [6.45, 7) is 12.5. The van der Waals surface area contributed by atoms with Gasteiger partial charge in [0.05, 0.1) is 12.6 Å². The quantitative estimate of drug-likeness (QED) is 0.313. The number of rotatable bonds is 8. The third kappa shape index (κ3) is 5.04. The van der Waals surface area contributed by atoms with Crippen LogP contribution in [-0.2, 0) is 15.6 Å². The lowest BCUT2D eigenvalue weighted by Gasteiger charge is -2.30. The summed E-state index contributed by atoms with van der Waals surface area (Å²) in [5, 5.41) is 0. The molecule has 5 rings (SSSR count). The average molecular weight is 537 g/mol. The van der Waals surface area contributed by atoms with Crippen molar-refractivity contribution in [3.05, 3.63) is 107 Å². The molecule has 0 N–H and O–H groups in total. The van der Waals surface area contributed by atoms with E-state index in [-0.39, 0.29) is 10.8 Å². The van der Waals surface area contributed by atoms with E-state index in [1.807, 2.05) is 0 Å². The fraction of sp³-hybridized carbons (Fsp3) is 0.459. The number of ether oxygens (including phenoxy) is 1. The Balaban J connectivity index is 1.48. The molecule has 3 nitrogen and oxygen atoms in total. The van der Waals surface area contributed by atoms with Gasteiger partial charge in [-0.3, -0.25) is 0 Å². The van der Waals surface area contributed by atoms with Gasteiger partial charge in [-0.25, -0.2) is 0 Å². The van der Waals surface area contributed by atoms with Crippen LogP contribution in [0.1, 0.15) is 84.3 Å². The highest BCUT2D eigenvalue weighted by Gasteiger charge is 2.41. The Kier molecular flexibility index (Phi) is 8.04. The molecule has 0 radical (unpaired) electrons. The van der Waals surface area contributed by atoms with Crippen LogP contribution in [0.25, 0.3) is 0 Å². The molecule has 0 amide bonds. The van der Waals surface area contributed by atoms with E-state index in [2.05, 4.69) is 131 Å². The van der Waals surface area contributed by atoms with Gasteiger partial charge in [0.1, 0.15) is 5.76 Å². The predicted molar refractivity (Wildman–Crippen MR) is 171 cm³/mol. The minimum Gasteiger partial charge on any atom is -0.493 e. The van der Waals surface area contributed by atoms with Gasteiger partial charge < -0.3 is 14.5 Å². The number of anilines is 2. The van der Waals surface area contributed by atoms with E-state index in [0.29, 0.717) is 6.04 Å². The molecule has 2 aliphatic heterocycles. The standard InChI is InChI=1S/C37H48N2O/c1-8-9-14-26-40-35-27(22-24-33-36(2,3)29-18-10-12-20-31(29)38(33)6)16-15-17-28(35)23-25-34-37(4,5)30-19-11-13-21-32(30)39(34)7/h10-13,18-25,33H,8-9,14-17,26H2,1-7H3/b24-22+,28-23-,34-25-. The summed E-state index contributed by atoms with van der Waals surface area (Å²) < 4.78 is 6.63. The summed E-state index contributed by atoms with van der Waals surface area (Å²) >= 11 is 0. The molecule has 0 fully saturated rings. The molecule has 0 aromatic heterocycles. The average Bonchev–Trinajstić information content (AvgIpc) is 3.27. The summed E-state index contributed by atoms with van der Waals surface area (Å²) in [7, 11) is 4.43. The Bertz CT molecular complexity index is 1360. The third-order valence-electron chi connectivity index (χ3n) is 9.47. The van der Waals surface area contributed by atoms with E-state index >= 15 is 0 Å². The van der Waals surface area contributed by atoms with Crippen LogP contribution in [-0.4, -0.2) is 26.7 Å². The summed E-state index contributed by atoms with van der Waals surface area (Å²) in [4.78, 5) is 4.80. The lowest BCUT2D eigenvalue weighted by molar-refractivity contribution is 0.205. The molecule has 1 aliphatic carbocycles. The summed E-state index contributed by atoms with van der Waals surface area (Å²) in [5.74, 6) is 1.11. The first-order valence-corrected chi connectivity index (χ1v) is 15.3. The van der Waals surface area contributed by atoms with Crippen molar-refractivity contribution in [2.75, 3.05) is 30.5 Å². The monoisotopic (exact) mass is 536 g/mol. The van der Waals surface area contributed by atoms with Crippen LogP contribution in [0.2, 0.25) is 0 Å². The molecule has 40 heavy (non-hydrogen) atoms. The molecule has 3 aliphatic rings. The summed E-state index contributed by atoms with van der Waals surface area (Å²) in [5.41, 5.74) is 9.50. The van der Waals surface area contributed by atoms with Crippen LogP contribution in [0.5, 0.6) is 0 Å². The molecule has 2 heterocycles. The minimum absolute atomic E-state index is 0.0285. The second-order valence-electron chi connectivity index (χ2n) is 12.9. The van der Waals surface area contributed by atoms with Crippen molar-refractivity contribution in [3.8, 4) is 0 Å². The number of allylic oxidation sites excluding steroid dienone is 6. The van der Waals surface area contributed by atoms with Gasteiger partial charge in [-0.1, -0.05) is 102 Å². The van der Waals surface area contributed by atoms with Gasteiger partial charge in [0.25, 0.3) is 0 Å². The topological polar surface area (TPSA) is 15.7 Å². The molecule has 2 aromatic carbocycles. The van der Waals surface area contributed by atoms with Crippen LogP contribution in [0.15, 0.2) is 95.4 Å². The Morgan fingerprint density at radius 1 is 0.875 bits per heavy atom. The van der Waals surface area contributed by atoms with Gasteiger partial charge in [-0.05, 0) is 66.2 Å². The molecular weight excluding hydrogens is 488 g/mol. The molecule has 0 bridgehead atoms. The van der Waals surface area contributed by atoms with E-state index in [0.717, 1.165) is 38.0 Å². The highest BCUT2D eigenvalue weighted by Crippen LogP contribution is 2.47. The zero-order valence-corrected chi connectivity index (χ0v) is 25.8. The van der Waals surface area contributed by atoms with Gasteiger partial charge in [0.2, 0.25) is 0 Å². The van der Waals surface area contributed by atoms with Crippen molar-refractivity contribution in [1.29, 1.82) is 0 Å². The maximum atomic E-state index is 6.63. The van der Waals surface area contributed by atoms with E-state index in [4.69, 9.17) is 4.74 Å². The minimum atomic E-state index is -0.0285. The highest BCUT2D eigenvalue weighted by atomic mass is 16.5. The number of hydrogen-bond acceptors (Lipinski definition) is 3. The Hall–Kier alpha value is -3.20. The maximum Gasteiger partial charge on any atom is 0.125 e. The Morgan fingerprint density at radius 3 is 2.27 bits per heavy atom. The second-order valence-corrected chi connectivity index (χ2v) is 12.9. The van der Waals surface area contributed by atoms with Crippen molar-refractivity contribution in [1.82, 2.24) is 0 Å². The first kappa shape index (κ1) is 28.3. The van der Waals surface area contributed by atoms with Crippen molar-refractivity contribution in [3.63, 3.8) is 0 Å². The van der Waals surface area contributed by atoms with Gasteiger partial charge in [-0.2, -0.15) is 0 Å². The van der Waals surface area contributed by atoms with Crippen molar-refractivity contribution >= 4 is 11.4 Å². The second kappa shape index (κ2) is 11.4. The summed E-state index contributed by atoms with van der Waals surface area (Å²) in [6, 6.07) is 18.0. The number of nitrogens with zero attached hydrogens (tertiary/aromatic N) is 2. The SMILES string of the molecule is CCCCCOC1=C(/C=C/C2N(C)c3ccccc3C2(C)C)CCC/C1=C/C=C1\N(C)c2ccccc2C1(C)C. The van der Waals surface area contributed by atoms with Gasteiger partial charge in [0.15, 0.2) is 0 Å². The van der Waals surface area contributed by atoms with E-state index in [1.54, 1.807) is 0 Å². The highest BCUT2D eigenvalue weighted by molar-refractivity contribution is 5.70. The predicted octanol–water partition coefficient (Wildman–Crippen LogP) is 9.22. The Labute approximate surface area is 242 Å². The van der Waals surface area contributed by atoms with Crippen molar-refractivity contribution in [2.24, 2.45) is 0 Å². The molecule has 3 heteroatoms. The normalized spacial score (nSPS) is 23.4. The first-order chi connectivity index (χ1) is 19.2. The fourth-order valence-electron chi connectivity index (χ4n) is 7.11. The molecule has 212 valence electrons. The van der Waals surface area contributed by atoms with E-state index in [9.17, 15) is 0 Å². The zero-order chi connectivity index (χ0) is 28.5. The number of hydrogen-bond donors (Lipinski definition) is 0. The number of benzene rings is 2. The first-order valence-electron chi connectivity index (χ1n) is 15.3. The summed E-state index contributed by atoms with van der Waals surface area (Å²) in [6.07, 6.45) is 16.3. The largest absolute Gasteiger partial charge is 0.493 e. The van der Waals surface area contributed by atoms with Crippen LogP contribution in [0.4, 0.5) is 11.4 Å². The lowest BCUT2D eigenvalue weighted by Crippen LogP contribution is -2.37. The molecule has 2 aromatic rings. The van der Waals surface area contributed by atoms with Crippen LogP contribution in [0, 0.1) is 0 Å². The van der Waals surface area contributed by atoms with Crippen molar-refractivity contribution in [2.45, 2.75) is 90.0 Å². The number of para-hydroxylation sites is 2. The fourth-order valence-corrected chi connectivity index (χ4v) is 7.11. The molecular formula is C37H48N2O. The van der Waals surface area contributed by atoms with Gasteiger partial charge in [-0.15, -0.1) is 0 Å². The van der Waals surface area contributed by atoms with E-state index in [1.165, 1.54) is 52.2 Å². The third-order valence-corrected chi connectivity index (χ3v) is 9.47. The zero-order valence-electron chi connectivity index (χ0n) is 25.8. The number of fused-ring (bicyclic) bond motifs is 2. The van der Waals surface area contributed by atoms with Crippen LogP contribution in [0.3, 0.4) is 0 Å². The lowest BCUT2D eigenvalue weighted by atomic mass is 9.80. The Morgan fingerprint density at radius 2 is 1.57 bits per heavy atom. The maximum absolute atomic E-state index is 6.63. The van der Waals surface area contributed by atoms with Crippen molar-refractivity contribution < 1.29 is 4.74 Å². The molecule has 0 spiro atoms. The smallest absolute Gasteiger partial charge is 0.125 e. The van der Waals surface area contributed by atoms with Gasteiger partial charge in [0, 0.05) is 42.0 Å². The van der Waals surface area contributed by atoms with Gasteiger partial charge >= 0.3 is 0 Å². The molecule has 0 saturated carbocycles. The number of unbranched alkanes of at least 4 members (excludes halogenated alkanes) is 2.